The molecule has 0 aliphatic rings. The molecule has 0 atom stereocenters. The number of aromatic carboxylic acids is 1. The molecule has 0 fully saturated rings. The van der Waals surface area contributed by atoms with E-state index >= 15 is 0 Å². The second kappa shape index (κ2) is 5.20. The number of nitrogens with one attached hydrogen (secondary N) is 1. The van der Waals surface area contributed by atoms with Crippen molar-refractivity contribution in [1.82, 2.24) is 0 Å². The fraction of sp³-hybridized carbons (Fsp3) is 0.273. The maximum absolute atomic E-state index is 11.3. The third kappa shape index (κ3) is 3.10. The quantitative estimate of drug-likeness (QED) is 0.468. The molecule has 1 rings (SSSR count). The number of benzene rings is 1. The second-order valence-corrected chi connectivity index (χ2v) is 3.56. The Bertz CT molecular complexity index is 457. The Morgan fingerprint density at radius 2 is 2.06 bits per heavy atom. The molecule has 0 heterocycles. The van der Waals surface area contributed by atoms with Gasteiger partial charge in [0.05, 0.1) is 11.4 Å². The van der Waals surface area contributed by atoms with Gasteiger partial charge in [0.15, 0.2) is 0 Å². The molecule has 0 aliphatic heterocycles. The van der Waals surface area contributed by atoms with Crippen LogP contribution in [-0.2, 0) is 4.79 Å². The standard InChI is InChI=1S/C11H14N2O4/c1-2-3-10(15)13-8-5-9(14)6(11(16)17)4-7(8)12/h4-5,14H,2-3,12H2,1H3,(H,13,15)(H,16,17). The van der Waals surface area contributed by atoms with E-state index in [1.807, 2.05) is 6.92 Å². The van der Waals surface area contributed by atoms with Crippen molar-refractivity contribution < 1.29 is 19.8 Å². The van der Waals surface area contributed by atoms with E-state index in [2.05, 4.69) is 5.32 Å². The maximum Gasteiger partial charge on any atom is 0.339 e. The number of phenols is 1. The van der Waals surface area contributed by atoms with E-state index in [4.69, 9.17) is 10.8 Å². The normalized spacial score (nSPS) is 9.94. The Balaban J connectivity index is 2.99. The summed E-state index contributed by atoms with van der Waals surface area (Å²) in [4.78, 5) is 22.0. The Kier molecular flexibility index (Phi) is 3.92. The van der Waals surface area contributed by atoms with Gasteiger partial charge in [0.25, 0.3) is 0 Å². The van der Waals surface area contributed by atoms with Crippen LogP contribution in [0.25, 0.3) is 0 Å². The summed E-state index contributed by atoms with van der Waals surface area (Å²) < 4.78 is 0. The molecule has 5 N–H and O–H groups in total. The highest BCUT2D eigenvalue weighted by Gasteiger charge is 2.14. The zero-order valence-corrected chi connectivity index (χ0v) is 9.36. The molecule has 0 saturated carbocycles. The molecule has 1 amide bonds. The average molecular weight is 238 g/mol. The first-order chi connectivity index (χ1) is 7.95. The van der Waals surface area contributed by atoms with E-state index in [0.29, 0.717) is 12.8 Å². The van der Waals surface area contributed by atoms with Crippen LogP contribution in [0.15, 0.2) is 12.1 Å². The Hall–Kier alpha value is -2.24. The minimum absolute atomic E-state index is 0.102. The summed E-state index contributed by atoms with van der Waals surface area (Å²) >= 11 is 0. The number of hydrogen-bond acceptors (Lipinski definition) is 4. The lowest BCUT2D eigenvalue weighted by Gasteiger charge is -2.09. The third-order valence-corrected chi connectivity index (χ3v) is 2.15. The molecule has 1 aromatic carbocycles. The van der Waals surface area contributed by atoms with Crippen molar-refractivity contribution in [3.05, 3.63) is 17.7 Å². The van der Waals surface area contributed by atoms with Gasteiger partial charge in [-0.2, -0.15) is 0 Å². The zero-order chi connectivity index (χ0) is 13.0. The average Bonchev–Trinajstić information content (AvgIpc) is 2.22. The highest BCUT2D eigenvalue weighted by molar-refractivity contribution is 5.98. The van der Waals surface area contributed by atoms with Crippen LogP contribution in [0.3, 0.4) is 0 Å². The molecular formula is C11H14N2O4. The first-order valence-electron chi connectivity index (χ1n) is 5.11. The fourth-order valence-electron chi connectivity index (χ4n) is 1.32. The molecule has 17 heavy (non-hydrogen) atoms. The van der Waals surface area contributed by atoms with Crippen LogP contribution in [0.2, 0.25) is 0 Å². The molecule has 6 nitrogen and oxygen atoms in total. The lowest BCUT2D eigenvalue weighted by Crippen LogP contribution is -2.12. The summed E-state index contributed by atoms with van der Waals surface area (Å²) in [7, 11) is 0. The number of carboxylic acids is 1. The van der Waals surface area contributed by atoms with Gasteiger partial charge in [-0.15, -0.1) is 0 Å². The summed E-state index contributed by atoms with van der Waals surface area (Å²) in [5.74, 6) is -1.94. The van der Waals surface area contributed by atoms with Gasteiger partial charge in [-0.1, -0.05) is 6.92 Å². The molecular weight excluding hydrogens is 224 g/mol. The Morgan fingerprint density at radius 1 is 1.41 bits per heavy atom. The molecule has 0 unspecified atom stereocenters. The second-order valence-electron chi connectivity index (χ2n) is 3.56. The smallest absolute Gasteiger partial charge is 0.339 e. The third-order valence-electron chi connectivity index (χ3n) is 2.15. The van der Waals surface area contributed by atoms with Crippen LogP contribution >= 0.6 is 0 Å². The minimum Gasteiger partial charge on any atom is -0.507 e. The van der Waals surface area contributed by atoms with Crippen molar-refractivity contribution in [1.29, 1.82) is 0 Å². The van der Waals surface area contributed by atoms with Gasteiger partial charge in [-0.3, -0.25) is 4.79 Å². The maximum atomic E-state index is 11.3. The van der Waals surface area contributed by atoms with E-state index < -0.39 is 11.7 Å². The summed E-state index contributed by atoms with van der Waals surface area (Å²) in [5.41, 5.74) is 5.60. The van der Waals surface area contributed by atoms with Crippen LogP contribution < -0.4 is 11.1 Å². The van der Waals surface area contributed by atoms with Gasteiger partial charge in [-0.25, -0.2) is 4.79 Å². The molecule has 0 aromatic heterocycles. The minimum atomic E-state index is -1.28. The number of aromatic hydroxyl groups is 1. The van der Waals surface area contributed by atoms with Crippen molar-refractivity contribution in [2.75, 3.05) is 11.1 Å². The fourth-order valence-corrected chi connectivity index (χ4v) is 1.32. The highest BCUT2D eigenvalue weighted by atomic mass is 16.4. The monoisotopic (exact) mass is 238 g/mol. The van der Waals surface area contributed by atoms with Gasteiger partial charge < -0.3 is 21.3 Å². The molecule has 0 saturated heterocycles. The summed E-state index contributed by atoms with van der Waals surface area (Å²) in [6.45, 7) is 1.86. The number of hydrogen-bond donors (Lipinski definition) is 4. The van der Waals surface area contributed by atoms with Crippen LogP contribution in [0.1, 0.15) is 30.1 Å². The van der Waals surface area contributed by atoms with E-state index in [1.165, 1.54) is 0 Å². The lowest BCUT2D eigenvalue weighted by atomic mass is 10.1. The largest absolute Gasteiger partial charge is 0.507 e. The van der Waals surface area contributed by atoms with Crippen molar-refractivity contribution >= 4 is 23.3 Å². The van der Waals surface area contributed by atoms with Gasteiger partial charge in [0.1, 0.15) is 11.3 Å². The number of carbonyl (C=O) groups excluding carboxylic acids is 1. The Morgan fingerprint density at radius 3 is 2.59 bits per heavy atom. The molecule has 0 aliphatic carbocycles. The molecule has 1 aromatic rings. The SMILES string of the molecule is CCCC(=O)Nc1cc(O)c(C(=O)O)cc1N. The molecule has 0 radical (unpaired) electrons. The number of nitrogens with two attached hydrogens (primary N) is 1. The molecule has 0 spiro atoms. The van der Waals surface area contributed by atoms with Crippen molar-refractivity contribution in [2.24, 2.45) is 0 Å². The van der Waals surface area contributed by atoms with E-state index in [-0.39, 0.29) is 22.8 Å². The lowest BCUT2D eigenvalue weighted by molar-refractivity contribution is -0.116. The van der Waals surface area contributed by atoms with Gasteiger partial charge >= 0.3 is 5.97 Å². The van der Waals surface area contributed by atoms with E-state index in [0.717, 1.165) is 12.1 Å². The summed E-state index contributed by atoms with van der Waals surface area (Å²) in [6, 6.07) is 2.24. The van der Waals surface area contributed by atoms with Crippen molar-refractivity contribution in [2.45, 2.75) is 19.8 Å². The van der Waals surface area contributed by atoms with E-state index in [9.17, 15) is 14.7 Å². The summed E-state index contributed by atoms with van der Waals surface area (Å²) in [6.07, 6.45) is 1.02. The van der Waals surface area contributed by atoms with Crippen LogP contribution in [0.5, 0.6) is 5.75 Å². The predicted octanol–water partition coefficient (Wildman–Crippen LogP) is 1.41. The van der Waals surface area contributed by atoms with Gasteiger partial charge in [-0.05, 0) is 12.5 Å². The van der Waals surface area contributed by atoms with Gasteiger partial charge in [0.2, 0.25) is 5.91 Å². The van der Waals surface area contributed by atoms with Crippen molar-refractivity contribution in [3.63, 3.8) is 0 Å². The van der Waals surface area contributed by atoms with Crippen molar-refractivity contribution in [3.8, 4) is 5.75 Å². The molecule has 6 heteroatoms. The molecule has 0 bridgehead atoms. The Labute approximate surface area is 98.1 Å². The summed E-state index contributed by atoms with van der Waals surface area (Å²) in [5, 5.41) is 20.7. The highest BCUT2D eigenvalue weighted by Crippen LogP contribution is 2.28. The number of carboxylic acid groups (broad SMARTS) is 1. The van der Waals surface area contributed by atoms with Crippen LogP contribution in [0.4, 0.5) is 11.4 Å². The van der Waals surface area contributed by atoms with E-state index in [1.54, 1.807) is 0 Å². The number of rotatable bonds is 4. The number of carbonyl (C=O) groups is 2. The first-order valence-corrected chi connectivity index (χ1v) is 5.11. The first kappa shape index (κ1) is 12.8. The number of nitrogen functional groups attached to an aromatic ring is 1. The molecule has 92 valence electrons. The number of amides is 1. The topological polar surface area (TPSA) is 113 Å². The number of anilines is 2. The van der Waals surface area contributed by atoms with Gasteiger partial charge in [0, 0.05) is 12.5 Å². The predicted molar refractivity (Wildman–Crippen MR) is 63.0 cm³/mol. The van der Waals surface area contributed by atoms with Crippen LogP contribution in [0, 0.1) is 0 Å². The van der Waals surface area contributed by atoms with Crippen LogP contribution in [-0.4, -0.2) is 22.1 Å². The zero-order valence-electron chi connectivity index (χ0n) is 9.36.